The Labute approximate surface area is 114 Å². The van der Waals surface area contributed by atoms with E-state index < -0.39 is 0 Å². The van der Waals surface area contributed by atoms with E-state index >= 15 is 0 Å². The minimum absolute atomic E-state index is 0.630. The van der Waals surface area contributed by atoms with E-state index in [4.69, 9.17) is 5.73 Å². The van der Waals surface area contributed by atoms with Crippen molar-refractivity contribution in [3.05, 3.63) is 30.4 Å². The van der Waals surface area contributed by atoms with Crippen LogP contribution in [0, 0.1) is 0 Å². The van der Waals surface area contributed by atoms with Crippen molar-refractivity contribution in [2.75, 3.05) is 18.8 Å². The highest BCUT2D eigenvalue weighted by Gasteiger charge is 2.22. The van der Waals surface area contributed by atoms with Gasteiger partial charge in [0.1, 0.15) is 5.82 Å². The number of aromatic nitrogens is 2. The summed E-state index contributed by atoms with van der Waals surface area (Å²) in [5.41, 5.74) is 7.80. The van der Waals surface area contributed by atoms with E-state index in [0.29, 0.717) is 6.04 Å². The molecular formula is C15H22N4. The predicted octanol–water partition coefficient (Wildman–Crippen LogP) is 2.33. The fourth-order valence-electron chi connectivity index (χ4n) is 3.13. The number of nitrogen functional groups attached to an aromatic ring is 1. The van der Waals surface area contributed by atoms with Gasteiger partial charge in [-0.25, -0.2) is 4.98 Å². The molecule has 4 heteroatoms. The molecule has 0 aliphatic carbocycles. The molecule has 4 nitrogen and oxygen atoms in total. The van der Waals surface area contributed by atoms with Crippen LogP contribution in [0.25, 0.3) is 5.52 Å². The molecule has 1 saturated heterocycles. The minimum Gasteiger partial charge on any atom is -0.398 e. The van der Waals surface area contributed by atoms with Gasteiger partial charge in [-0.1, -0.05) is 13.3 Å². The van der Waals surface area contributed by atoms with E-state index in [1.807, 2.05) is 24.5 Å². The highest BCUT2D eigenvalue weighted by atomic mass is 15.2. The third-order valence-electron chi connectivity index (χ3n) is 4.20. The van der Waals surface area contributed by atoms with Crippen molar-refractivity contribution < 1.29 is 0 Å². The molecule has 3 rings (SSSR count). The highest BCUT2D eigenvalue weighted by Crippen LogP contribution is 2.21. The molecule has 1 unspecified atom stereocenters. The van der Waals surface area contributed by atoms with E-state index in [-0.39, 0.29) is 0 Å². The number of likely N-dealkylation sites (tertiary alicyclic amines) is 1. The van der Waals surface area contributed by atoms with Crippen molar-refractivity contribution in [2.45, 2.75) is 38.6 Å². The Kier molecular flexibility index (Phi) is 3.42. The number of nitrogens with zero attached hydrogens (tertiary/aromatic N) is 3. The Bertz CT molecular complexity index is 560. The Balaban J connectivity index is 1.86. The molecule has 0 aromatic carbocycles. The van der Waals surface area contributed by atoms with Crippen molar-refractivity contribution in [2.24, 2.45) is 0 Å². The van der Waals surface area contributed by atoms with Crippen LogP contribution < -0.4 is 5.73 Å². The first-order valence-electron chi connectivity index (χ1n) is 7.23. The van der Waals surface area contributed by atoms with Gasteiger partial charge in [0.05, 0.1) is 11.7 Å². The van der Waals surface area contributed by atoms with Crippen LogP contribution in [0.3, 0.4) is 0 Å². The van der Waals surface area contributed by atoms with Crippen LogP contribution in [-0.2, 0) is 6.42 Å². The molecule has 19 heavy (non-hydrogen) atoms. The summed E-state index contributed by atoms with van der Waals surface area (Å²) in [6, 6.07) is 4.59. The molecule has 102 valence electrons. The summed E-state index contributed by atoms with van der Waals surface area (Å²) in [6.45, 7) is 4.61. The third-order valence-corrected chi connectivity index (χ3v) is 4.20. The van der Waals surface area contributed by atoms with E-state index in [2.05, 4.69) is 21.2 Å². The summed E-state index contributed by atoms with van der Waals surface area (Å²) in [4.78, 5) is 7.16. The van der Waals surface area contributed by atoms with Gasteiger partial charge < -0.3 is 15.0 Å². The number of piperidine rings is 1. The van der Waals surface area contributed by atoms with Crippen LogP contribution in [0.15, 0.2) is 24.5 Å². The SMILES string of the molecule is CCN1CCCCC1Cc1ncc2ccc(N)cn12. The third kappa shape index (κ3) is 2.45. The van der Waals surface area contributed by atoms with Crippen LogP contribution in [0.2, 0.25) is 0 Å². The number of likely N-dealkylation sites (N-methyl/N-ethyl adjacent to an activating group) is 1. The van der Waals surface area contributed by atoms with Gasteiger partial charge in [-0.3, -0.25) is 0 Å². The quantitative estimate of drug-likeness (QED) is 0.919. The van der Waals surface area contributed by atoms with Crippen LogP contribution in [0.5, 0.6) is 0 Å². The van der Waals surface area contributed by atoms with Crippen molar-refractivity contribution in [1.82, 2.24) is 14.3 Å². The van der Waals surface area contributed by atoms with Gasteiger partial charge >= 0.3 is 0 Å². The Hall–Kier alpha value is -1.55. The van der Waals surface area contributed by atoms with Gasteiger partial charge in [0.25, 0.3) is 0 Å². The summed E-state index contributed by atoms with van der Waals surface area (Å²) in [5, 5.41) is 0. The van der Waals surface area contributed by atoms with Gasteiger partial charge in [0.2, 0.25) is 0 Å². The summed E-state index contributed by atoms with van der Waals surface area (Å²) >= 11 is 0. The minimum atomic E-state index is 0.630. The molecule has 0 radical (unpaired) electrons. The Morgan fingerprint density at radius 1 is 1.37 bits per heavy atom. The molecule has 0 spiro atoms. The largest absolute Gasteiger partial charge is 0.398 e. The molecule has 1 atom stereocenters. The number of anilines is 1. The van der Waals surface area contributed by atoms with Crippen molar-refractivity contribution in [3.8, 4) is 0 Å². The zero-order chi connectivity index (χ0) is 13.2. The fourth-order valence-corrected chi connectivity index (χ4v) is 3.13. The molecule has 2 aromatic rings. The zero-order valence-corrected chi connectivity index (χ0v) is 11.5. The number of nitrogens with two attached hydrogens (primary N) is 1. The number of rotatable bonds is 3. The smallest absolute Gasteiger partial charge is 0.114 e. The molecule has 2 aromatic heterocycles. The summed E-state index contributed by atoms with van der Waals surface area (Å²) in [6.07, 6.45) is 8.90. The lowest BCUT2D eigenvalue weighted by Gasteiger charge is -2.34. The molecule has 1 aliphatic heterocycles. The lowest BCUT2D eigenvalue weighted by Crippen LogP contribution is -2.40. The second-order valence-electron chi connectivity index (χ2n) is 5.41. The molecule has 1 fully saturated rings. The fraction of sp³-hybridized carbons (Fsp3) is 0.533. The maximum atomic E-state index is 5.88. The van der Waals surface area contributed by atoms with Crippen molar-refractivity contribution >= 4 is 11.2 Å². The Morgan fingerprint density at radius 3 is 3.11 bits per heavy atom. The zero-order valence-electron chi connectivity index (χ0n) is 11.5. The molecule has 0 saturated carbocycles. The second kappa shape index (κ2) is 5.21. The first-order chi connectivity index (χ1) is 9.28. The van der Waals surface area contributed by atoms with E-state index in [9.17, 15) is 0 Å². The second-order valence-corrected chi connectivity index (χ2v) is 5.41. The average Bonchev–Trinajstić information content (AvgIpc) is 2.82. The van der Waals surface area contributed by atoms with Gasteiger partial charge in [-0.15, -0.1) is 0 Å². The molecule has 0 amide bonds. The number of imidazole rings is 1. The average molecular weight is 258 g/mol. The van der Waals surface area contributed by atoms with Gasteiger partial charge in [0.15, 0.2) is 0 Å². The van der Waals surface area contributed by atoms with Crippen LogP contribution >= 0.6 is 0 Å². The van der Waals surface area contributed by atoms with E-state index in [0.717, 1.165) is 30.0 Å². The molecule has 1 aliphatic rings. The standard InChI is InChI=1S/C15H22N4/c1-2-18-8-4-3-5-13(18)9-15-17-10-14-7-6-12(16)11-19(14)15/h6-7,10-11,13H,2-5,8-9,16H2,1H3. The number of hydrogen-bond donors (Lipinski definition) is 1. The number of hydrogen-bond acceptors (Lipinski definition) is 3. The highest BCUT2D eigenvalue weighted by molar-refractivity contribution is 5.52. The normalized spacial score (nSPS) is 21.0. The number of fused-ring (bicyclic) bond motifs is 1. The predicted molar refractivity (Wildman–Crippen MR) is 78.2 cm³/mol. The summed E-state index contributed by atoms with van der Waals surface area (Å²) in [5.74, 6) is 1.13. The van der Waals surface area contributed by atoms with Gasteiger partial charge in [0, 0.05) is 24.3 Å². The van der Waals surface area contributed by atoms with E-state index in [1.54, 1.807) is 0 Å². The van der Waals surface area contributed by atoms with Gasteiger partial charge in [-0.05, 0) is 38.1 Å². The molecule has 2 N–H and O–H groups in total. The van der Waals surface area contributed by atoms with Crippen molar-refractivity contribution in [3.63, 3.8) is 0 Å². The Morgan fingerprint density at radius 2 is 2.26 bits per heavy atom. The summed E-state index contributed by atoms with van der Waals surface area (Å²) in [7, 11) is 0. The van der Waals surface area contributed by atoms with Gasteiger partial charge in [-0.2, -0.15) is 0 Å². The van der Waals surface area contributed by atoms with Crippen molar-refractivity contribution in [1.29, 1.82) is 0 Å². The maximum Gasteiger partial charge on any atom is 0.114 e. The first kappa shape index (κ1) is 12.5. The van der Waals surface area contributed by atoms with Crippen LogP contribution in [0.1, 0.15) is 32.0 Å². The monoisotopic (exact) mass is 258 g/mol. The lowest BCUT2D eigenvalue weighted by atomic mass is 9.99. The molecule has 0 bridgehead atoms. The van der Waals surface area contributed by atoms with Crippen LogP contribution in [0.4, 0.5) is 5.69 Å². The lowest BCUT2D eigenvalue weighted by molar-refractivity contribution is 0.153. The summed E-state index contributed by atoms with van der Waals surface area (Å²) < 4.78 is 2.14. The van der Waals surface area contributed by atoms with E-state index in [1.165, 1.54) is 25.8 Å². The van der Waals surface area contributed by atoms with Crippen LogP contribution in [-0.4, -0.2) is 33.4 Å². The molecular weight excluding hydrogens is 236 g/mol. The molecule has 3 heterocycles. The maximum absolute atomic E-state index is 5.88. The topological polar surface area (TPSA) is 46.6 Å². The first-order valence-corrected chi connectivity index (χ1v) is 7.23. The number of pyridine rings is 1.